The van der Waals surface area contributed by atoms with E-state index in [2.05, 4.69) is 20.8 Å². The number of aromatic nitrogens is 4. The second-order valence-corrected chi connectivity index (χ2v) is 10.2. The van der Waals surface area contributed by atoms with Crippen LogP contribution in [0.5, 0.6) is 5.88 Å². The van der Waals surface area contributed by atoms with Gasteiger partial charge in [-0.25, -0.2) is 22.6 Å². The van der Waals surface area contributed by atoms with E-state index < -0.39 is 34.7 Å². The van der Waals surface area contributed by atoms with Gasteiger partial charge in [0.1, 0.15) is 13.2 Å². The van der Waals surface area contributed by atoms with Crippen LogP contribution in [0.1, 0.15) is 50.9 Å². The van der Waals surface area contributed by atoms with E-state index in [9.17, 15) is 26.4 Å². The van der Waals surface area contributed by atoms with Crippen molar-refractivity contribution in [1.29, 1.82) is 0 Å². The highest BCUT2D eigenvalue weighted by atomic mass is 32.2. The Bertz CT molecular complexity index is 1160. The van der Waals surface area contributed by atoms with Crippen LogP contribution in [0, 0.1) is 0 Å². The molecule has 0 bridgehead atoms. The Morgan fingerprint density at radius 2 is 1.94 bits per heavy atom. The molecule has 0 aliphatic carbocycles. The lowest BCUT2D eigenvalue weighted by Gasteiger charge is -2.24. The first-order chi connectivity index (χ1) is 15.7. The number of anilines is 1. The third-order valence-electron chi connectivity index (χ3n) is 5.18. The quantitative estimate of drug-likeness (QED) is 0.524. The van der Waals surface area contributed by atoms with Crippen molar-refractivity contribution in [2.24, 2.45) is 0 Å². The summed E-state index contributed by atoms with van der Waals surface area (Å²) in [6.07, 6.45) is -3.45. The van der Waals surface area contributed by atoms with Gasteiger partial charge in [-0.05, 0) is 18.9 Å². The average Bonchev–Trinajstić information content (AvgIpc) is 3.27. The number of carbonyl (C=O) groups excluding carboxylic acids is 1. The number of hydrogen-bond acceptors (Lipinski definition) is 7. The SMILES string of the molecule is CNC1COc2c(S(=O)(=O)NC(=O)Nc3c(C(C)C)nn(CC(F)(F)F)c3C(C)C)cnn2C1. The predicted octanol–water partition coefficient (Wildman–Crippen LogP) is 2.38. The molecule has 3 N–H and O–H groups in total. The predicted molar refractivity (Wildman–Crippen MR) is 116 cm³/mol. The van der Waals surface area contributed by atoms with Crippen molar-refractivity contribution in [1.82, 2.24) is 29.6 Å². The van der Waals surface area contributed by atoms with Crippen molar-refractivity contribution in [3.63, 3.8) is 0 Å². The maximum absolute atomic E-state index is 13.1. The lowest BCUT2D eigenvalue weighted by Crippen LogP contribution is -2.40. The van der Waals surface area contributed by atoms with Gasteiger partial charge in [-0.3, -0.25) is 4.68 Å². The molecule has 0 saturated carbocycles. The molecule has 11 nitrogen and oxygen atoms in total. The largest absolute Gasteiger partial charge is 0.475 e. The standard InChI is InChI=1S/C19H28F3N7O4S/c1-10(2)14-15(16(11(3)4)29(26-14)9-19(20,21)22)25-18(30)27-34(31,32)13-6-24-28-7-12(23-5)8-33-17(13)28/h6,10-12,23H,7-9H2,1-5H3,(H2,25,27,30). The van der Waals surface area contributed by atoms with Crippen LogP contribution in [0.25, 0.3) is 0 Å². The molecule has 34 heavy (non-hydrogen) atoms. The number of sulfonamides is 1. The summed E-state index contributed by atoms with van der Waals surface area (Å²) in [6, 6.07) is -1.20. The van der Waals surface area contributed by atoms with Gasteiger partial charge >= 0.3 is 12.2 Å². The fourth-order valence-corrected chi connectivity index (χ4v) is 4.64. The number of likely N-dealkylation sites (N-methyl/N-ethyl adjacent to an activating group) is 1. The summed E-state index contributed by atoms with van der Waals surface area (Å²) < 4.78 is 74.5. The van der Waals surface area contributed by atoms with Gasteiger partial charge in [0.15, 0.2) is 4.90 Å². The minimum absolute atomic E-state index is 0.00413. The fourth-order valence-electron chi connectivity index (χ4n) is 3.65. The summed E-state index contributed by atoms with van der Waals surface area (Å²) in [5, 5.41) is 13.5. The highest BCUT2D eigenvalue weighted by Crippen LogP contribution is 2.34. The Balaban J connectivity index is 1.88. The molecule has 1 aliphatic heterocycles. The number of alkyl halides is 3. The molecule has 3 rings (SSSR count). The zero-order valence-corrected chi connectivity index (χ0v) is 20.2. The van der Waals surface area contributed by atoms with Crippen LogP contribution in [0.4, 0.5) is 23.7 Å². The Morgan fingerprint density at radius 1 is 1.26 bits per heavy atom. The maximum atomic E-state index is 13.1. The molecule has 2 amide bonds. The molecule has 1 unspecified atom stereocenters. The summed E-state index contributed by atoms with van der Waals surface area (Å²) >= 11 is 0. The maximum Gasteiger partial charge on any atom is 0.408 e. The number of nitrogens with one attached hydrogen (secondary N) is 3. The van der Waals surface area contributed by atoms with Gasteiger partial charge in [-0.2, -0.15) is 23.4 Å². The van der Waals surface area contributed by atoms with E-state index in [1.54, 1.807) is 34.7 Å². The first-order valence-electron chi connectivity index (χ1n) is 10.6. The Kier molecular flexibility index (Phi) is 7.17. The first-order valence-corrected chi connectivity index (χ1v) is 12.1. The minimum atomic E-state index is -4.53. The number of hydrogen-bond donors (Lipinski definition) is 3. The molecule has 0 fully saturated rings. The molecule has 0 aromatic carbocycles. The molecule has 190 valence electrons. The van der Waals surface area contributed by atoms with Crippen LogP contribution in [-0.4, -0.2) is 59.9 Å². The van der Waals surface area contributed by atoms with Crippen LogP contribution >= 0.6 is 0 Å². The number of urea groups is 1. The Hall–Kier alpha value is -2.81. The monoisotopic (exact) mass is 507 g/mol. The van der Waals surface area contributed by atoms with E-state index in [1.165, 1.54) is 4.68 Å². The molecule has 0 spiro atoms. The third-order valence-corrected chi connectivity index (χ3v) is 6.49. The summed E-state index contributed by atoms with van der Waals surface area (Å²) in [4.78, 5) is 12.4. The molecule has 0 saturated heterocycles. The average molecular weight is 508 g/mol. The first kappa shape index (κ1) is 25.8. The second kappa shape index (κ2) is 9.44. The third kappa shape index (κ3) is 5.46. The van der Waals surface area contributed by atoms with Gasteiger partial charge in [0.25, 0.3) is 10.0 Å². The van der Waals surface area contributed by atoms with Crippen LogP contribution in [0.2, 0.25) is 0 Å². The number of halogens is 3. The van der Waals surface area contributed by atoms with Gasteiger partial charge in [0, 0.05) is 0 Å². The van der Waals surface area contributed by atoms with Gasteiger partial charge < -0.3 is 15.4 Å². The smallest absolute Gasteiger partial charge is 0.408 e. The van der Waals surface area contributed by atoms with E-state index in [-0.39, 0.29) is 46.4 Å². The van der Waals surface area contributed by atoms with E-state index in [0.29, 0.717) is 6.54 Å². The molecule has 15 heteroatoms. The van der Waals surface area contributed by atoms with Crippen LogP contribution in [0.3, 0.4) is 0 Å². The van der Waals surface area contributed by atoms with E-state index in [1.807, 2.05) is 4.72 Å². The summed E-state index contributed by atoms with van der Waals surface area (Å²) in [7, 11) is -2.65. The highest BCUT2D eigenvalue weighted by Gasteiger charge is 2.34. The van der Waals surface area contributed by atoms with Crippen molar-refractivity contribution in [3.05, 3.63) is 17.6 Å². The molecular formula is C19H28F3N7O4S. The minimum Gasteiger partial charge on any atom is -0.475 e. The Morgan fingerprint density at radius 3 is 2.50 bits per heavy atom. The van der Waals surface area contributed by atoms with Crippen molar-refractivity contribution >= 4 is 21.7 Å². The van der Waals surface area contributed by atoms with Crippen molar-refractivity contribution < 1.29 is 31.1 Å². The van der Waals surface area contributed by atoms with Crippen molar-refractivity contribution in [2.75, 3.05) is 19.0 Å². The summed E-state index contributed by atoms with van der Waals surface area (Å²) in [5.74, 6) is -0.781. The van der Waals surface area contributed by atoms with Gasteiger partial charge in [0.2, 0.25) is 5.88 Å². The molecule has 1 aliphatic rings. The topological polar surface area (TPSA) is 132 Å². The van der Waals surface area contributed by atoms with Crippen LogP contribution < -0.4 is 20.1 Å². The number of fused-ring (bicyclic) bond motifs is 1. The molecule has 1 atom stereocenters. The number of ether oxygens (including phenoxy) is 1. The molecule has 0 radical (unpaired) electrons. The van der Waals surface area contributed by atoms with Gasteiger partial charge in [0.05, 0.1) is 35.9 Å². The number of amides is 2. The van der Waals surface area contributed by atoms with Crippen LogP contribution in [-0.2, 0) is 23.1 Å². The number of nitrogens with zero attached hydrogens (tertiary/aromatic N) is 4. The normalized spacial score (nSPS) is 16.5. The fraction of sp³-hybridized carbons (Fsp3) is 0.632. The zero-order chi connectivity index (χ0) is 25.4. The lowest BCUT2D eigenvalue weighted by molar-refractivity contribution is -0.143. The molecular weight excluding hydrogens is 479 g/mol. The molecule has 3 heterocycles. The number of rotatable bonds is 7. The van der Waals surface area contributed by atoms with Crippen molar-refractivity contribution in [2.45, 2.75) is 69.7 Å². The van der Waals surface area contributed by atoms with E-state index in [4.69, 9.17) is 4.74 Å². The lowest BCUT2D eigenvalue weighted by atomic mass is 10.0. The van der Waals surface area contributed by atoms with Crippen molar-refractivity contribution in [3.8, 4) is 5.88 Å². The molecule has 2 aromatic heterocycles. The summed E-state index contributed by atoms with van der Waals surface area (Å²) in [6.45, 7) is 5.98. The van der Waals surface area contributed by atoms with Crippen LogP contribution in [0.15, 0.2) is 11.1 Å². The highest BCUT2D eigenvalue weighted by molar-refractivity contribution is 7.90. The van der Waals surface area contributed by atoms with E-state index >= 15 is 0 Å². The zero-order valence-electron chi connectivity index (χ0n) is 19.4. The number of carbonyl (C=O) groups is 1. The second-order valence-electron chi connectivity index (χ2n) is 8.58. The Labute approximate surface area is 195 Å². The van der Waals surface area contributed by atoms with E-state index in [0.717, 1.165) is 10.9 Å². The van der Waals surface area contributed by atoms with Gasteiger partial charge in [-0.1, -0.05) is 27.7 Å². The molecule has 2 aromatic rings. The summed E-state index contributed by atoms with van der Waals surface area (Å²) in [5.41, 5.74) is 0.398. The van der Waals surface area contributed by atoms with Gasteiger partial charge in [-0.15, -0.1) is 0 Å².